The summed E-state index contributed by atoms with van der Waals surface area (Å²) in [5, 5.41) is 2.94. The van der Waals surface area contributed by atoms with Crippen molar-refractivity contribution >= 4 is 27.7 Å². The van der Waals surface area contributed by atoms with Crippen molar-refractivity contribution in [2.24, 2.45) is 0 Å². The molecule has 0 atom stereocenters. The first-order valence-corrected chi connectivity index (χ1v) is 11.8. The zero-order valence-corrected chi connectivity index (χ0v) is 18.9. The Balaban J connectivity index is 1.59. The highest BCUT2D eigenvalue weighted by atomic mass is 32.2. The quantitative estimate of drug-likeness (QED) is 0.655. The molecule has 0 radical (unpaired) electrons. The molecule has 2 aromatic rings. The molecule has 3 rings (SSSR count). The van der Waals surface area contributed by atoms with Crippen molar-refractivity contribution in [2.45, 2.75) is 30.7 Å². The lowest BCUT2D eigenvalue weighted by Gasteiger charge is -2.31. The lowest BCUT2D eigenvalue weighted by Crippen LogP contribution is -2.46. The second kappa shape index (κ2) is 10.4. The van der Waals surface area contributed by atoms with Gasteiger partial charge >= 0.3 is 6.09 Å². The Morgan fingerprint density at radius 1 is 1.06 bits per heavy atom. The minimum atomic E-state index is -3.85. The smallest absolute Gasteiger partial charge is 0.409 e. The molecular weight excluding hydrogens is 434 g/mol. The Labute approximate surface area is 187 Å². The molecule has 2 amide bonds. The number of carbonyl (C=O) groups is 2. The van der Waals surface area contributed by atoms with Gasteiger partial charge in [0.05, 0.1) is 24.3 Å². The fourth-order valence-corrected chi connectivity index (χ4v) is 4.48. The molecular formula is C22H27N3O6S. The number of hydrogen-bond acceptors (Lipinski definition) is 6. The van der Waals surface area contributed by atoms with E-state index in [0.717, 1.165) is 0 Å². The van der Waals surface area contributed by atoms with Gasteiger partial charge in [0.15, 0.2) is 0 Å². The lowest BCUT2D eigenvalue weighted by atomic mass is 10.0. The first kappa shape index (κ1) is 23.4. The maximum atomic E-state index is 12.7. The predicted octanol–water partition coefficient (Wildman–Crippen LogP) is 2.85. The number of sulfonamides is 1. The molecule has 0 aliphatic carbocycles. The number of rotatable bonds is 7. The number of benzene rings is 2. The van der Waals surface area contributed by atoms with Crippen molar-refractivity contribution < 1.29 is 27.5 Å². The highest BCUT2D eigenvalue weighted by Crippen LogP contribution is 2.26. The number of methoxy groups -OCH3 is 1. The fourth-order valence-electron chi connectivity index (χ4n) is 3.41. The molecule has 0 bridgehead atoms. The largest absolute Gasteiger partial charge is 0.495 e. The fraction of sp³-hybridized carbons (Fsp3) is 0.364. The van der Waals surface area contributed by atoms with Crippen molar-refractivity contribution in [2.75, 3.05) is 31.5 Å². The molecule has 1 fully saturated rings. The van der Waals surface area contributed by atoms with Gasteiger partial charge < -0.3 is 19.7 Å². The van der Waals surface area contributed by atoms with Gasteiger partial charge in [-0.25, -0.2) is 13.2 Å². The van der Waals surface area contributed by atoms with Crippen LogP contribution in [0.3, 0.4) is 0 Å². The Bertz CT molecular complexity index is 1050. The minimum absolute atomic E-state index is 0.0303. The third-order valence-electron chi connectivity index (χ3n) is 5.13. The number of anilines is 1. The highest BCUT2D eigenvalue weighted by molar-refractivity contribution is 7.92. The van der Waals surface area contributed by atoms with Crippen molar-refractivity contribution in [3.63, 3.8) is 0 Å². The molecule has 0 aromatic heterocycles. The summed E-state index contributed by atoms with van der Waals surface area (Å²) < 4.78 is 38.0. The second-order valence-electron chi connectivity index (χ2n) is 7.26. The second-order valence-corrected chi connectivity index (χ2v) is 8.95. The minimum Gasteiger partial charge on any atom is -0.495 e. The first-order chi connectivity index (χ1) is 15.3. The van der Waals surface area contributed by atoms with Crippen LogP contribution in [0.1, 0.15) is 30.1 Å². The maximum Gasteiger partial charge on any atom is 0.409 e. The molecule has 2 N–H and O–H groups in total. The summed E-state index contributed by atoms with van der Waals surface area (Å²) in [6, 6.07) is 12.3. The number of piperidine rings is 1. The van der Waals surface area contributed by atoms with Gasteiger partial charge in [0, 0.05) is 24.7 Å². The number of nitrogens with zero attached hydrogens (tertiary/aromatic N) is 1. The van der Waals surface area contributed by atoms with Crippen LogP contribution >= 0.6 is 0 Å². The van der Waals surface area contributed by atoms with Gasteiger partial charge in [-0.15, -0.1) is 0 Å². The van der Waals surface area contributed by atoms with Crippen molar-refractivity contribution in [3.8, 4) is 5.75 Å². The van der Waals surface area contributed by atoms with Gasteiger partial charge in [0.1, 0.15) is 5.75 Å². The van der Waals surface area contributed by atoms with Crippen LogP contribution in [0.2, 0.25) is 0 Å². The summed E-state index contributed by atoms with van der Waals surface area (Å²) in [6.07, 6.45) is 0.912. The average molecular weight is 462 g/mol. The van der Waals surface area contributed by atoms with Crippen LogP contribution in [0.25, 0.3) is 0 Å². The van der Waals surface area contributed by atoms with Crippen molar-refractivity contribution in [3.05, 3.63) is 54.1 Å². The van der Waals surface area contributed by atoms with Gasteiger partial charge in [0.2, 0.25) is 0 Å². The number of ether oxygens (including phenoxy) is 2. The third kappa shape index (κ3) is 5.70. The van der Waals surface area contributed by atoms with Crippen LogP contribution in [0.5, 0.6) is 5.75 Å². The van der Waals surface area contributed by atoms with E-state index in [9.17, 15) is 18.0 Å². The zero-order chi connectivity index (χ0) is 23.1. The van der Waals surface area contributed by atoms with Gasteiger partial charge in [0.25, 0.3) is 15.9 Å². The molecule has 1 aliphatic heterocycles. The number of likely N-dealkylation sites (tertiary alicyclic amines) is 1. The van der Waals surface area contributed by atoms with E-state index in [1.807, 2.05) is 0 Å². The van der Waals surface area contributed by atoms with E-state index in [1.165, 1.54) is 31.4 Å². The van der Waals surface area contributed by atoms with Crippen molar-refractivity contribution in [1.82, 2.24) is 10.2 Å². The summed E-state index contributed by atoms with van der Waals surface area (Å²) in [4.78, 5) is 26.0. The Morgan fingerprint density at radius 3 is 2.34 bits per heavy atom. The summed E-state index contributed by atoms with van der Waals surface area (Å²) in [6.45, 7) is 3.11. The summed E-state index contributed by atoms with van der Waals surface area (Å²) in [5.41, 5.74) is 0.681. The molecule has 0 unspecified atom stereocenters. The number of carbonyl (C=O) groups excluding carboxylic acids is 2. The van der Waals surface area contributed by atoms with E-state index in [2.05, 4.69) is 10.0 Å². The SMILES string of the molecule is CCOC(=O)N1CCC(NC(=O)c2ccc(S(=O)(=O)Nc3ccccc3OC)cc2)CC1. The average Bonchev–Trinajstić information content (AvgIpc) is 2.80. The monoisotopic (exact) mass is 461 g/mol. The molecule has 172 valence electrons. The van der Waals surface area contributed by atoms with E-state index in [0.29, 0.717) is 49.5 Å². The van der Waals surface area contributed by atoms with E-state index in [1.54, 1.807) is 36.1 Å². The normalized spacial score (nSPS) is 14.5. The van der Waals surface area contributed by atoms with Crippen LogP contribution in [0.4, 0.5) is 10.5 Å². The zero-order valence-electron chi connectivity index (χ0n) is 18.0. The van der Waals surface area contributed by atoms with E-state index >= 15 is 0 Å². The Morgan fingerprint density at radius 2 is 1.72 bits per heavy atom. The molecule has 10 heteroatoms. The van der Waals surface area contributed by atoms with E-state index in [-0.39, 0.29) is 22.9 Å². The molecule has 1 heterocycles. The number of nitrogens with one attached hydrogen (secondary N) is 2. The van der Waals surface area contributed by atoms with Crippen LogP contribution in [-0.4, -0.2) is 58.2 Å². The molecule has 1 saturated heterocycles. The van der Waals surface area contributed by atoms with Gasteiger partial charge in [-0.2, -0.15) is 0 Å². The summed E-state index contributed by atoms with van der Waals surface area (Å²) in [7, 11) is -2.39. The summed E-state index contributed by atoms with van der Waals surface area (Å²) >= 11 is 0. The van der Waals surface area contributed by atoms with Gasteiger partial charge in [-0.3, -0.25) is 9.52 Å². The third-order valence-corrected chi connectivity index (χ3v) is 6.52. The molecule has 2 aromatic carbocycles. The van der Waals surface area contributed by atoms with Gasteiger partial charge in [-0.1, -0.05) is 12.1 Å². The molecule has 1 aliphatic rings. The number of hydrogen-bond donors (Lipinski definition) is 2. The Kier molecular flexibility index (Phi) is 7.57. The van der Waals surface area contributed by atoms with E-state index in [4.69, 9.17) is 9.47 Å². The molecule has 32 heavy (non-hydrogen) atoms. The highest BCUT2D eigenvalue weighted by Gasteiger charge is 2.25. The molecule has 0 spiro atoms. The topological polar surface area (TPSA) is 114 Å². The van der Waals surface area contributed by atoms with Crippen molar-refractivity contribution in [1.29, 1.82) is 0 Å². The van der Waals surface area contributed by atoms with Crippen LogP contribution in [0, 0.1) is 0 Å². The standard InChI is InChI=1S/C22H27N3O6S/c1-3-31-22(27)25-14-12-17(13-15-25)23-21(26)16-8-10-18(11-9-16)32(28,29)24-19-6-4-5-7-20(19)30-2/h4-11,17,24H,3,12-15H2,1-2H3,(H,23,26). The maximum absolute atomic E-state index is 12.7. The Hall–Kier alpha value is -3.27. The van der Waals surface area contributed by atoms with Crippen LogP contribution in [-0.2, 0) is 14.8 Å². The number of amides is 2. The predicted molar refractivity (Wildman–Crippen MR) is 119 cm³/mol. The number of para-hydroxylation sites is 2. The van der Waals surface area contributed by atoms with Crippen LogP contribution < -0.4 is 14.8 Å². The summed E-state index contributed by atoms with van der Waals surface area (Å²) in [5.74, 6) is 0.113. The van der Waals surface area contributed by atoms with E-state index < -0.39 is 10.0 Å². The molecule has 0 saturated carbocycles. The first-order valence-electron chi connectivity index (χ1n) is 10.3. The lowest BCUT2D eigenvalue weighted by molar-refractivity contribution is 0.0860. The molecule has 9 nitrogen and oxygen atoms in total. The van der Waals surface area contributed by atoms with Crippen LogP contribution in [0.15, 0.2) is 53.4 Å². The van der Waals surface area contributed by atoms with Gasteiger partial charge in [-0.05, 0) is 56.2 Å².